The molecule has 0 radical (unpaired) electrons. The predicted molar refractivity (Wildman–Crippen MR) is 277 cm³/mol. The van der Waals surface area contributed by atoms with Crippen LogP contribution in [0, 0.1) is 10.8 Å². The predicted octanol–water partition coefficient (Wildman–Crippen LogP) is 3.18. The number of nitrogens with two attached hydrogens (primary N) is 4. The number of benzene rings is 2. The minimum absolute atomic E-state index is 0.0797. The molecule has 0 spiro atoms. The minimum Gasteiger partial charge on any atom is -0.491 e. The molecule has 26 nitrogen and oxygen atoms in total. The topological polar surface area (TPSA) is 399 Å². The van der Waals surface area contributed by atoms with Crippen molar-refractivity contribution < 1.29 is 47.6 Å². The zero-order valence-corrected chi connectivity index (χ0v) is 42.2. The van der Waals surface area contributed by atoms with Gasteiger partial charge in [0.05, 0.1) is 26.4 Å². The van der Waals surface area contributed by atoms with Crippen LogP contribution < -0.4 is 64.3 Å². The molecule has 0 atom stereocenters. The number of aryl methyl sites for hydroxylation is 2. The number of nitrogens with one attached hydrogen (secondary N) is 8. The van der Waals surface area contributed by atoms with Crippen molar-refractivity contribution in [1.29, 1.82) is 10.8 Å². The zero-order valence-electron chi connectivity index (χ0n) is 40.7. The van der Waals surface area contributed by atoms with Crippen molar-refractivity contribution in [3.8, 4) is 11.5 Å². The third-order valence-corrected chi connectivity index (χ3v) is 10.6. The van der Waals surface area contributed by atoms with Gasteiger partial charge in [-0.25, -0.2) is 29.5 Å². The van der Waals surface area contributed by atoms with Gasteiger partial charge in [0.25, 0.3) is 11.8 Å². The highest BCUT2D eigenvalue weighted by Crippen LogP contribution is 2.19. The second-order valence-electron chi connectivity index (χ2n) is 15.7. The summed E-state index contributed by atoms with van der Waals surface area (Å²) in [5.74, 6) is -1.03. The number of aromatic nitrogens is 4. The van der Waals surface area contributed by atoms with Crippen molar-refractivity contribution >= 4 is 82.4 Å². The van der Waals surface area contributed by atoms with E-state index >= 15 is 0 Å². The van der Waals surface area contributed by atoms with E-state index in [0.717, 1.165) is 49.7 Å². The highest BCUT2D eigenvalue weighted by molar-refractivity contribution is 6.32. The van der Waals surface area contributed by atoms with E-state index in [9.17, 15) is 19.2 Å². The lowest BCUT2D eigenvalue weighted by atomic mass is 10.1. The van der Waals surface area contributed by atoms with Gasteiger partial charge in [0.2, 0.25) is 0 Å². The average molecular weight is 1070 g/mol. The Morgan fingerprint density at radius 1 is 0.459 bits per heavy atom. The summed E-state index contributed by atoms with van der Waals surface area (Å²) in [4.78, 5) is 63.7. The summed E-state index contributed by atoms with van der Waals surface area (Å²) in [5.41, 5.74) is 24.2. The summed E-state index contributed by atoms with van der Waals surface area (Å²) >= 11 is 11.6. The van der Waals surface area contributed by atoms with Gasteiger partial charge in [0.1, 0.15) is 37.9 Å². The standard InChI is InChI=1S/C46H64Cl2N16O10/c47-35-39(51)61-37(49)33(59-35)41(65)63-43(53)55-17-3-1-7-29-9-13-31(14-10-29)71-25-21-69-23-27-73-45(67)57-19-5-6-20-58-46(68)74-28-24-70-22-26-72-32-15-11-30(12-16-32)8-2-4-18-56-44(54)64-42(66)34-38(50)62-40(52)36(48)60-34/h9-16H,1-8,17-28H2,(H,57,67)(H,58,68)(H4,49,51,61)(H4,50,52,62)(H3,53,55,63,65)(H3,54,56,64,66). The Balaban J connectivity index is 0.871. The van der Waals surface area contributed by atoms with Crippen LogP contribution in [0.1, 0.15) is 70.6 Å². The van der Waals surface area contributed by atoms with Crippen LogP contribution in [0.2, 0.25) is 10.3 Å². The zero-order chi connectivity index (χ0) is 53.5. The second-order valence-corrected chi connectivity index (χ2v) is 16.5. The fourth-order valence-electron chi connectivity index (χ4n) is 6.25. The molecule has 0 fully saturated rings. The van der Waals surface area contributed by atoms with E-state index in [1.807, 2.05) is 48.5 Å². The molecule has 0 saturated heterocycles. The third-order valence-electron chi connectivity index (χ3n) is 10.0. The highest BCUT2D eigenvalue weighted by Gasteiger charge is 2.18. The average Bonchev–Trinajstić information content (AvgIpc) is 3.37. The van der Waals surface area contributed by atoms with Crippen LogP contribution in [0.15, 0.2) is 48.5 Å². The Morgan fingerprint density at radius 2 is 0.811 bits per heavy atom. The molecule has 0 aliphatic heterocycles. The minimum atomic E-state index is -0.726. The van der Waals surface area contributed by atoms with Gasteiger partial charge >= 0.3 is 12.2 Å². The molecule has 402 valence electrons. The van der Waals surface area contributed by atoms with Gasteiger partial charge in [0, 0.05) is 26.2 Å². The Morgan fingerprint density at radius 3 is 1.20 bits per heavy atom. The van der Waals surface area contributed by atoms with E-state index < -0.39 is 24.0 Å². The molecule has 0 saturated carbocycles. The van der Waals surface area contributed by atoms with Crippen molar-refractivity contribution in [2.24, 2.45) is 0 Å². The molecule has 2 heterocycles. The Labute approximate surface area is 437 Å². The molecule has 28 heteroatoms. The maximum atomic E-state index is 12.3. The number of alkyl carbamates (subject to hydrolysis) is 2. The number of anilines is 4. The highest BCUT2D eigenvalue weighted by atomic mass is 35.5. The van der Waals surface area contributed by atoms with E-state index in [-0.39, 0.29) is 83.3 Å². The van der Waals surface area contributed by atoms with Crippen LogP contribution in [-0.2, 0) is 31.8 Å². The summed E-state index contributed by atoms with van der Waals surface area (Å²) in [6.07, 6.45) is 4.92. The number of carbonyl (C=O) groups is 4. The van der Waals surface area contributed by atoms with E-state index in [0.29, 0.717) is 76.9 Å². The normalized spacial score (nSPS) is 10.7. The molecule has 0 bridgehead atoms. The monoisotopic (exact) mass is 1070 g/mol. The molecular formula is C46H64Cl2N16O10. The van der Waals surface area contributed by atoms with Crippen molar-refractivity contribution in [2.75, 3.05) is 102 Å². The first-order chi connectivity index (χ1) is 35.7. The van der Waals surface area contributed by atoms with Gasteiger partial charge in [-0.2, -0.15) is 0 Å². The molecular weight excluding hydrogens is 1010 g/mol. The number of nitrogen functional groups attached to an aromatic ring is 4. The van der Waals surface area contributed by atoms with Crippen molar-refractivity contribution in [1.82, 2.24) is 51.8 Å². The van der Waals surface area contributed by atoms with Gasteiger partial charge < -0.3 is 72.6 Å². The Hall–Kier alpha value is -7.68. The number of ether oxygens (including phenoxy) is 6. The van der Waals surface area contributed by atoms with Gasteiger partial charge in [0.15, 0.2) is 56.9 Å². The SMILES string of the molecule is N=C(NCCCCc1ccc(OCCOCCOC(=O)NCCCCNC(=O)OCCOCCOc2ccc(CCCCNC(=N)NC(=O)c3nc(Cl)c(N)nc3N)cc2)cc1)NC(=O)c1nc(Cl)c(N)nc1N. The number of halogens is 2. The van der Waals surface area contributed by atoms with E-state index in [1.165, 1.54) is 0 Å². The van der Waals surface area contributed by atoms with E-state index in [2.05, 4.69) is 51.8 Å². The maximum absolute atomic E-state index is 12.3. The number of hydrogen-bond acceptors (Lipinski definition) is 20. The van der Waals surface area contributed by atoms with Crippen molar-refractivity contribution in [2.45, 2.75) is 51.4 Å². The molecule has 4 amide bonds. The fourth-order valence-corrected chi connectivity index (χ4v) is 6.50. The molecule has 16 N–H and O–H groups in total. The summed E-state index contributed by atoms with van der Waals surface area (Å²) in [5, 5.41) is 31.2. The summed E-state index contributed by atoms with van der Waals surface area (Å²) < 4.78 is 32.7. The number of guanidine groups is 2. The largest absolute Gasteiger partial charge is 0.491 e. The summed E-state index contributed by atoms with van der Waals surface area (Å²) in [6, 6.07) is 15.4. The van der Waals surface area contributed by atoms with Crippen molar-refractivity contribution in [3.05, 3.63) is 81.4 Å². The molecule has 4 aromatic rings. The maximum Gasteiger partial charge on any atom is 0.407 e. The molecule has 0 aliphatic carbocycles. The molecule has 2 aromatic carbocycles. The van der Waals surface area contributed by atoms with Crippen LogP contribution in [0.3, 0.4) is 0 Å². The van der Waals surface area contributed by atoms with Crippen molar-refractivity contribution in [3.63, 3.8) is 0 Å². The number of rotatable bonds is 31. The number of unbranched alkanes of at least 4 members (excludes halogenated alkanes) is 3. The van der Waals surface area contributed by atoms with E-state index in [1.54, 1.807) is 0 Å². The Kier molecular flexibility index (Phi) is 26.4. The lowest BCUT2D eigenvalue weighted by Gasteiger charge is -2.11. The van der Waals surface area contributed by atoms with Crippen LogP contribution >= 0.6 is 23.2 Å². The number of carbonyl (C=O) groups excluding carboxylic acids is 4. The van der Waals surface area contributed by atoms with Gasteiger partial charge in [-0.3, -0.25) is 31.0 Å². The second kappa shape index (κ2) is 33.1. The van der Waals surface area contributed by atoms with Crippen LogP contribution in [0.5, 0.6) is 11.5 Å². The lowest BCUT2D eigenvalue weighted by molar-refractivity contribution is 0.0574. The quantitative estimate of drug-likeness (QED) is 0.0196. The van der Waals surface area contributed by atoms with Gasteiger partial charge in [-0.1, -0.05) is 47.5 Å². The molecule has 4 rings (SSSR count). The number of amides is 4. The van der Waals surface area contributed by atoms with Crippen LogP contribution in [-0.4, -0.2) is 135 Å². The first-order valence-corrected chi connectivity index (χ1v) is 24.3. The van der Waals surface area contributed by atoms with Gasteiger partial charge in [-0.05, 0) is 86.8 Å². The fraction of sp³-hybridized carbons (Fsp3) is 0.435. The lowest BCUT2D eigenvalue weighted by Crippen LogP contribution is -2.41. The van der Waals surface area contributed by atoms with E-state index in [4.69, 9.17) is 85.4 Å². The third kappa shape index (κ3) is 23.2. The smallest absolute Gasteiger partial charge is 0.407 e. The van der Waals surface area contributed by atoms with Crippen LogP contribution in [0.4, 0.5) is 32.9 Å². The summed E-state index contributed by atoms with van der Waals surface area (Å²) in [7, 11) is 0. The molecule has 0 unspecified atom stereocenters. The number of hydrogen-bond donors (Lipinski definition) is 12. The summed E-state index contributed by atoms with van der Waals surface area (Å²) in [6.45, 7) is 3.51. The first-order valence-electron chi connectivity index (χ1n) is 23.5. The molecule has 0 aliphatic rings. The molecule has 74 heavy (non-hydrogen) atoms. The first kappa shape index (κ1) is 58.9. The number of nitrogens with zero attached hydrogens (tertiary/aromatic N) is 4. The molecule has 2 aromatic heterocycles. The van der Waals surface area contributed by atoms with Crippen LogP contribution in [0.25, 0.3) is 0 Å². The Bertz CT molecular complexity index is 2280. The van der Waals surface area contributed by atoms with Gasteiger partial charge in [-0.15, -0.1) is 0 Å².